The van der Waals surface area contributed by atoms with Gasteiger partial charge in [-0.25, -0.2) is 4.79 Å². The molecule has 184 valence electrons. The van der Waals surface area contributed by atoms with Crippen LogP contribution in [-0.4, -0.2) is 78.0 Å². The summed E-state index contributed by atoms with van der Waals surface area (Å²) >= 11 is 1.29. The molecule has 0 spiro atoms. The van der Waals surface area contributed by atoms with E-state index in [0.717, 1.165) is 25.9 Å². The summed E-state index contributed by atoms with van der Waals surface area (Å²) in [5, 5.41) is 5.45. The Morgan fingerprint density at radius 2 is 2.03 bits per heavy atom. The molecule has 1 saturated heterocycles. The summed E-state index contributed by atoms with van der Waals surface area (Å²) in [5.74, 6) is -1.77. The molecule has 0 unspecified atom stereocenters. The van der Waals surface area contributed by atoms with E-state index in [-0.39, 0.29) is 29.9 Å². The van der Waals surface area contributed by atoms with Crippen molar-refractivity contribution in [1.82, 2.24) is 10.2 Å². The zero-order valence-electron chi connectivity index (χ0n) is 19.4. The van der Waals surface area contributed by atoms with Crippen molar-refractivity contribution in [2.75, 3.05) is 38.2 Å². The zero-order chi connectivity index (χ0) is 24.5. The second-order valence-electron chi connectivity index (χ2n) is 7.86. The van der Waals surface area contributed by atoms with E-state index in [9.17, 15) is 19.2 Å². The highest BCUT2D eigenvalue weighted by Crippen LogP contribution is 2.27. The summed E-state index contributed by atoms with van der Waals surface area (Å²) in [6, 6.07) is 6.22. The number of aliphatic imine (C=N–C) groups is 1. The highest BCUT2D eigenvalue weighted by Gasteiger charge is 2.32. The number of carbonyl (C=O) groups is 4. The molecule has 2 aliphatic heterocycles. The number of esters is 1. The minimum absolute atomic E-state index is 0.00764. The lowest BCUT2D eigenvalue weighted by atomic mass is 10.2. The smallest absolute Gasteiger partial charge is 0.338 e. The molecular formula is C23H30N4O6S. The van der Waals surface area contributed by atoms with Crippen molar-refractivity contribution in [3.05, 3.63) is 29.8 Å². The van der Waals surface area contributed by atoms with Gasteiger partial charge >= 0.3 is 5.97 Å². The molecule has 2 atom stereocenters. The highest BCUT2D eigenvalue weighted by molar-refractivity contribution is 8.15. The van der Waals surface area contributed by atoms with Gasteiger partial charge in [0, 0.05) is 38.3 Å². The van der Waals surface area contributed by atoms with Gasteiger partial charge in [0.05, 0.1) is 11.7 Å². The largest absolute Gasteiger partial charge is 0.452 e. The second-order valence-corrected chi connectivity index (χ2v) is 9.03. The number of amides is 3. The van der Waals surface area contributed by atoms with Crippen LogP contribution in [-0.2, 0) is 23.9 Å². The van der Waals surface area contributed by atoms with Crippen LogP contribution in [0.4, 0.5) is 5.69 Å². The van der Waals surface area contributed by atoms with Crippen molar-refractivity contribution < 1.29 is 28.7 Å². The van der Waals surface area contributed by atoms with E-state index >= 15 is 0 Å². The monoisotopic (exact) mass is 490 g/mol. The summed E-state index contributed by atoms with van der Waals surface area (Å²) in [6.07, 6.45) is 1.85. The molecule has 10 nitrogen and oxygen atoms in total. The van der Waals surface area contributed by atoms with Crippen LogP contribution in [0.3, 0.4) is 0 Å². The first-order valence-corrected chi connectivity index (χ1v) is 12.3. The van der Waals surface area contributed by atoms with Crippen LogP contribution in [0.15, 0.2) is 29.3 Å². The lowest BCUT2D eigenvalue weighted by molar-refractivity contribution is -0.124. The van der Waals surface area contributed by atoms with Crippen LogP contribution in [0.25, 0.3) is 0 Å². The van der Waals surface area contributed by atoms with E-state index < -0.39 is 23.7 Å². The predicted molar refractivity (Wildman–Crippen MR) is 129 cm³/mol. The standard InChI is InChI=1S/C23H30N4O6S/c1-3-27(4-2)23-26-21(30)18(34-23)12-19(28)25-16-8-5-7-15(11-16)22(31)33-14-20(29)24-13-17-9-6-10-32-17/h5,7-8,11,17-18H,3-4,6,9-10,12-14H2,1-2H3,(H,24,29)(H,25,28)/t17-,18+/m1/s1. The summed E-state index contributed by atoms with van der Waals surface area (Å²) in [5.41, 5.74) is 0.589. The number of nitrogens with one attached hydrogen (secondary N) is 2. The Morgan fingerprint density at radius 1 is 1.24 bits per heavy atom. The quantitative estimate of drug-likeness (QED) is 0.476. The molecule has 11 heteroatoms. The number of benzene rings is 1. The predicted octanol–water partition coefficient (Wildman–Crippen LogP) is 1.81. The number of ether oxygens (including phenoxy) is 2. The van der Waals surface area contributed by atoms with Crippen molar-refractivity contribution in [1.29, 1.82) is 0 Å². The molecule has 0 radical (unpaired) electrons. The van der Waals surface area contributed by atoms with Gasteiger partial charge in [-0.1, -0.05) is 17.8 Å². The van der Waals surface area contributed by atoms with E-state index in [4.69, 9.17) is 9.47 Å². The van der Waals surface area contributed by atoms with Crippen LogP contribution >= 0.6 is 11.8 Å². The van der Waals surface area contributed by atoms with Gasteiger partial charge < -0.3 is 25.0 Å². The van der Waals surface area contributed by atoms with E-state index in [1.54, 1.807) is 12.1 Å². The van der Waals surface area contributed by atoms with Gasteiger partial charge in [0.2, 0.25) is 5.91 Å². The normalized spacial score (nSPS) is 19.5. The summed E-state index contributed by atoms with van der Waals surface area (Å²) in [7, 11) is 0. The number of rotatable bonds is 10. The third-order valence-corrected chi connectivity index (χ3v) is 6.61. The molecule has 2 aliphatic rings. The Kier molecular flexibility index (Phi) is 9.46. The molecule has 34 heavy (non-hydrogen) atoms. The van der Waals surface area contributed by atoms with Gasteiger partial charge in [-0.05, 0) is 44.9 Å². The van der Waals surface area contributed by atoms with Crippen molar-refractivity contribution >= 4 is 46.3 Å². The zero-order valence-corrected chi connectivity index (χ0v) is 20.2. The van der Waals surface area contributed by atoms with Crippen LogP contribution < -0.4 is 10.6 Å². The highest BCUT2D eigenvalue weighted by atomic mass is 32.2. The molecule has 2 N–H and O–H groups in total. The number of thioether (sulfide) groups is 1. The van der Waals surface area contributed by atoms with Gasteiger partial charge in [0.25, 0.3) is 11.8 Å². The SMILES string of the molecule is CCN(CC)C1=NC(=O)[C@H](CC(=O)Nc2cccc(C(=O)OCC(=O)NC[C@H]3CCCO3)c2)S1. The molecule has 1 aromatic rings. The van der Waals surface area contributed by atoms with Crippen molar-refractivity contribution in [2.45, 2.75) is 44.5 Å². The Morgan fingerprint density at radius 3 is 2.74 bits per heavy atom. The maximum absolute atomic E-state index is 12.5. The Hall–Kier alpha value is -2.92. The van der Waals surface area contributed by atoms with E-state index in [0.29, 0.717) is 24.0 Å². The first kappa shape index (κ1) is 25.7. The average Bonchev–Trinajstić information content (AvgIpc) is 3.47. The van der Waals surface area contributed by atoms with Crippen molar-refractivity contribution in [3.8, 4) is 0 Å². The molecule has 3 amide bonds. The Bertz CT molecular complexity index is 943. The second kappa shape index (κ2) is 12.5. The van der Waals surface area contributed by atoms with E-state index in [2.05, 4.69) is 15.6 Å². The Labute approximate surface area is 202 Å². The lowest BCUT2D eigenvalue weighted by Crippen LogP contribution is -2.34. The van der Waals surface area contributed by atoms with Gasteiger partial charge in [-0.2, -0.15) is 4.99 Å². The molecule has 0 aliphatic carbocycles. The number of carbonyl (C=O) groups excluding carboxylic acids is 4. The maximum Gasteiger partial charge on any atom is 0.338 e. The van der Waals surface area contributed by atoms with Crippen LogP contribution in [0.1, 0.15) is 43.5 Å². The fourth-order valence-corrected chi connectivity index (χ4v) is 4.73. The first-order valence-electron chi connectivity index (χ1n) is 11.4. The van der Waals surface area contributed by atoms with Crippen molar-refractivity contribution in [2.24, 2.45) is 4.99 Å². The van der Waals surface area contributed by atoms with Crippen LogP contribution in [0.2, 0.25) is 0 Å². The molecule has 0 saturated carbocycles. The molecule has 0 aromatic heterocycles. The Balaban J connectivity index is 1.45. The number of amidine groups is 1. The number of hydrogen-bond donors (Lipinski definition) is 2. The molecule has 0 bridgehead atoms. The summed E-state index contributed by atoms with van der Waals surface area (Å²) < 4.78 is 10.5. The number of hydrogen-bond acceptors (Lipinski definition) is 8. The number of nitrogens with zero attached hydrogens (tertiary/aromatic N) is 2. The fourth-order valence-electron chi connectivity index (χ4n) is 3.54. The first-order chi connectivity index (χ1) is 16.4. The molecule has 1 aromatic carbocycles. The minimum atomic E-state index is -0.679. The maximum atomic E-state index is 12.5. The van der Waals surface area contributed by atoms with Crippen molar-refractivity contribution in [3.63, 3.8) is 0 Å². The van der Waals surface area contributed by atoms with Crippen LogP contribution in [0.5, 0.6) is 0 Å². The molecule has 3 rings (SSSR count). The average molecular weight is 491 g/mol. The van der Waals surface area contributed by atoms with Crippen LogP contribution in [0, 0.1) is 0 Å². The van der Waals surface area contributed by atoms with E-state index in [1.807, 2.05) is 18.7 Å². The minimum Gasteiger partial charge on any atom is -0.452 e. The molecule has 1 fully saturated rings. The molecular weight excluding hydrogens is 460 g/mol. The third kappa shape index (κ3) is 7.29. The lowest BCUT2D eigenvalue weighted by Gasteiger charge is -2.19. The third-order valence-electron chi connectivity index (χ3n) is 5.40. The van der Waals surface area contributed by atoms with Gasteiger partial charge in [-0.15, -0.1) is 0 Å². The van der Waals surface area contributed by atoms with Gasteiger partial charge in [0.1, 0.15) is 5.25 Å². The van der Waals surface area contributed by atoms with Gasteiger partial charge in [-0.3, -0.25) is 14.4 Å². The summed E-state index contributed by atoms with van der Waals surface area (Å²) in [6.45, 7) is 6.10. The topological polar surface area (TPSA) is 126 Å². The molecule has 2 heterocycles. The number of anilines is 1. The van der Waals surface area contributed by atoms with E-state index in [1.165, 1.54) is 23.9 Å². The van der Waals surface area contributed by atoms with Gasteiger partial charge in [0.15, 0.2) is 11.8 Å². The fraction of sp³-hybridized carbons (Fsp3) is 0.522. The summed E-state index contributed by atoms with van der Waals surface area (Å²) in [4.78, 5) is 54.9.